The largest absolute Gasteiger partial charge is 0.497 e. The van der Waals surface area contributed by atoms with Gasteiger partial charge in [0.1, 0.15) is 5.75 Å². The molecule has 5 heteroatoms. The quantitative estimate of drug-likeness (QED) is 0.833. The van der Waals surface area contributed by atoms with Gasteiger partial charge in [-0.05, 0) is 56.5 Å². The van der Waals surface area contributed by atoms with E-state index in [1.54, 1.807) is 7.11 Å². The van der Waals surface area contributed by atoms with Crippen LogP contribution in [0.25, 0.3) is 0 Å². The molecule has 1 aromatic rings. The third kappa shape index (κ3) is 5.00. The van der Waals surface area contributed by atoms with Crippen LogP contribution in [0.4, 0.5) is 0 Å². The molecule has 0 saturated carbocycles. The van der Waals surface area contributed by atoms with Crippen LogP contribution in [0.5, 0.6) is 5.75 Å². The number of nitrogens with zero attached hydrogens (tertiary/aromatic N) is 1. The predicted octanol–water partition coefficient (Wildman–Crippen LogP) is 1.37. The molecule has 1 aliphatic rings. The molecule has 0 spiro atoms. The van der Waals surface area contributed by atoms with E-state index in [4.69, 9.17) is 10.5 Å². The molecular formula is C17H27N3O2. The molecule has 0 bridgehead atoms. The molecule has 22 heavy (non-hydrogen) atoms. The summed E-state index contributed by atoms with van der Waals surface area (Å²) in [5, 5.41) is 2.97. The van der Waals surface area contributed by atoms with Gasteiger partial charge < -0.3 is 15.8 Å². The third-order valence-corrected chi connectivity index (χ3v) is 4.37. The lowest BCUT2D eigenvalue weighted by Crippen LogP contribution is -2.44. The van der Waals surface area contributed by atoms with Crippen molar-refractivity contribution in [3.05, 3.63) is 29.8 Å². The fourth-order valence-electron chi connectivity index (χ4n) is 2.88. The molecule has 1 atom stereocenters. The number of hydrogen-bond acceptors (Lipinski definition) is 4. The highest BCUT2D eigenvalue weighted by Gasteiger charge is 2.22. The minimum Gasteiger partial charge on any atom is -0.497 e. The summed E-state index contributed by atoms with van der Waals surface area (Å²) < 4.78 is 5.18. The lowest BCUT2D eigenvalue weighted by molar-refractivity contribution is -0.122. The van der Waals surface area contributed by atoms with Gasteiger partial charge >= 0.3 is 0 Å². The van der Waals surface area contributed by atoms with Gasteiger partial charge in [0, 0.05) is 12.6 Å². The first-order valence-corrected chi connectivity index (χ1v) is 7.96. The maximum atomic E-state index is 12.0. The Morgan fingerprint density at radius 3 is 2.82 bits per heavy atom. The van der Waals surface area contributed by atoms with E-state index < -0.39 is 0 Å². The Morgan fingerprint density at radius 2 is 2.18 bits per heavy atom. The molecule has 1 heterocycles. The number of rotatable bonds is 6. The highest BCUT2D eigenvalue weighted by atomic mass is 16.5. The van der Waals surface area contributed by atoms with E-state index in [0.717, 1.165) is 37.2 Å². The van der Waals surface area contributed by atoms with Gasteiger partial charge in [-0.15, -0.1) is 0 Å². The second-order valence-corrected chi connectivity index (χ2v) is 6.10. The molecule has 2 rings (SSSR count). The molecule has 1 unspecified atom stereocenters. The summed E-state index contributed by atoms with van der Waals surface area (Å²) in [6.07, 6.45) is 2.17. The minimum absolute atomic E-state index is 0.0714. The molecule has 1 fully saturated rings. The molecule has 122 valence electrons. The molecule has 1 saturated heterocycles. The van der Waals surface area contributed by atoms with Gasteiger partial charge in [-0.1, -0.05) is 12.1 Å². The molecular weight excluding hydrogens is 278 g/mol. The van der Waals surface area contributed by atoms with Crippen LogP contribution in [-0.2, 0) is 11.3 Å². The van der Waals surface area contributed by atoms with E-state index >= 15 is 0 Å². The van der Waals surface area contributed by atoms with E-state index in [2.05, 4.69) is 17.1 Å². The van der Waals surface area contributed by atoms with E-state index in [0.29, 0.717) is 19.0 Å². The van der Waals surface area contributed by atoms with Crippen molar-refractivity contribution in [1.29, 1.82) is 0 Å². The van der Waals surface area contributed by atoms with Crippen molar-refractivity contribution in [2.45, 2.75) is 32.4 Å². The summed E-state index contributed by atoms with van der Waals surface area (Å²) >= 11 is 0. The first kappa shape index (κ1) is 16.8. The maximum Gasteiger partial charge on any atom is 0.234 e. The number of methoxy groups -OCH3 is 1. The van der Waals surface area contributed by atoms with E-state index in [1.165, 1.54) is 0 Å². The summed E-state index contributed by atoms with van der Waals surface area (Å²) in [6.45, 7) is 4.99. The molecule has 1 aromatic carbocycles. The lowest BCUT2D eigenvalue weighted by atomic mass is 9.91. The zero-order chi connectivity index (χ0) is 15.9. The second kappa shape index (κ2) is 8.15. The number of nitrogens with one attached hydrogen (secondary N) is 1. The third-order valence-electron chi connectivity index (χ3n) is 4.37. The zero-order valence-electron chi connectivity index (χ0n) is 13.5. The van der Waals surface area contributed by atoms with Crippen molar-refractivity contribution in [2.24, 2.45) is 11.7 Å². The van der Waals surface area contributed by atoms with Crippen LogP contribution < -0.4 is 15.8 Å². The monoisotopic (exact) mass is 305 g/mol. The van der Waals surface area contributed by atoms with Crippen LogP contribution in [0.15, 0.2) is 24.3 Å². The van der Waals surface area contributed by atoms with Crippen LogP contribution >= 0.6 is 0 Å². The van der Waals surface area contributed by atoms with Crippen molar-refractivity contribution in [2.75, 3.05) is 26.7 Å². The van der Waals surface area contributed by atoms with Crippen molar-refractivity contribution in [3.63, 3.8) is 0 Å². The number of ether oxygens (including phenoxy) is 1. The summed E-state index contributed by atoms with van der Waals surface area (Å²) in [7, 11) is 1.64. The first-order chi connectivity index (χ1) is 10.6. The lowest BCUT2D eigenvalue weighted by Gasteiger charge is -2.33. The normalized spacial score (nSPS) is 18.0. The fraction of sp³-hybridized carbons (Fsp3) is 0.588. The van der Waals surface area contributed by atoms with Gasteiger partial charge in [0.2, 0.25) is 5.91 Å². The smallest absolute Gasteiger partial charge is 0.234 e. The highest BCUT2D eigenvalue weighted by Crippen LogP contribution is 2.19. The van der Waals surface area contributed by atoms with Crippen LogP contribution in [0.1, 0.15) is 25.3 Å². The summed E-state index contributed by atoms with van der Waals surface area (Å²) in [5.41, 5.74) is 6.99. The number of carbonyl (C=O) groups is 1. The number of benzene rings is 1. The number of nitrogens with two attached hydrogens (primary N) is 1. The Balaban J connectivity index is 1.72. The number of amides is 1. The maximum absolute atomic E-state index is 12.0. The molecule has 1 aliphatic heterocycles. The highest BCUT2D eigenvalue weighted by molar-refractivity contribution is 5.78. The Kier molecular flexibility index (Phi) is 6.21. The standard InChI is InChI=1S/C17H27N3O2/c1-13(18)15-6-8-20(9-7-15)12-17(21)19-11-14-4-3-5-16(10-14)22-2/h3-5,10,13,15H,6-9,11-12,18H2,1-2H3,(H,19,21). The van der Waals surface area contributed by atoms with Crippen LogP contribution in [0.2, 0.25) is 0 Å². The van der Waals surface area contributed by atoms with Gasteiger partial charge in [0.15, 0.2) is 0 Å². The molecule has 0 radical (unpaired) electrons. The summed E-state index contributed by atoms with van der Waals surface area (Å²) in [4.78, 5) is 14.3. The number of piperidine rings is 1. The average molecular weight is 305 g/mol. The summed E-state index contributed by atoms with van der Waals surface area (Å²) in [6, 6.07) is 8.00. The average Bonchev–Trinajstić information content (AvgIpc) is 2.53. The van der Waals surface area contributed by atoms with Gasteiger partial charge in [0.05, 0.1) is 13.7 Å². The Labute approximate surface area is 132 Å². The van der Waals surface area contributed by atoms with Crippen LogP contribution in [0, 0.1) is 5.92 Å². The summed E-state index contributed by atoms with van der Waals surface area (Å²) in [5.74, 6) is 1.47. The molecule has 3 N–H and O–H groups in total. The van der Waals surface area contributed by atoms with Crippen molar-refractivity contribution >= 4 is 5.91 Å². The van der Waals surface area contributed by atoms with Gasteiger partial charge in [-0.2, -0.15) is 0 Å². The van der Waals surface area contributed by atoms with Crippen molar-refractivity contribution in [3.8, 4) is 5.75 Å². The van der Waals surface area contributed by atoms with E-state index in [9.17, 15) is 4.79 Å². The van der Waals surface area contributed by atoms with E-state index in [1.807, 2.05) is 24.3 Å². The minimum atomic E-state index is 0.0714. The van der Waals surface area contributed by atoms with Crippen molar-refractivity contribution in [1.82, 2.24) is 10.2 Å². The number of hydrogen-bond donors (Lipinski definition) is 2. The molecule has 5 nitrogen and oxygen atoms in total. The predicted molar refractivity (Wildman–Crippen MR) is 87.7 cm³/mol. The van der Waals surface area contributed by atoms with Crippen molar-refractivity contribution < 1.29 is 9.53 Å². The SMILES string of the molecule is COc1cccc(CNC(=O)CN2CCC(C(C)N)CC2)c1. The first-order valence-electron chi connectivity index (χ1n) is 7.96. The van der Waals surface area contributed by atoms with E-state index in [-0.39, 0.29) is 11.9 Å². The van der Waals surface area contributed by atoms with Gasteiger partial charge in [-0.3, -0.25) is 9.69 Å². The molecule has 0 aromatic heterocycles. The van der Waals surface area contributed by atoms with Gasteiger partial charge in [0.25, 0.3) is 0 Å². The number of likely N-dealkylation sites (tertiary alicyclic amines) is 1. The second-order valence-electron chi connectivity index (χ2n) is 6.10. The number of carbonyl (C=O) groups excluding carboxylic acids is 1. The van der Waals surface area contributed by atoms with Gasteiger partial charge in [-0.25, -0.2) is 0 Å². The zero-order valence-corrected chi connectivity index (χ0v) is 13.5. The fourth-order valence-corrected chi connectivity index (χ4v) is 2.88. The molecule has 1 amide bonds. The van der Waals surface area contributed by atoms with Crippen LogP contribution in [0.3, 0.4) is 0 Å². The van der Waals surface area contributed by atoms with Crippen LogP contribution in [-0.4, -0.2) is 43.6 Å². The molecule has 0 aliphatic carbocycles. The Morgan fingerprint density at radius 1 is 1.45 bits per heavy atom. The topological polar surface area (TPSA) is 67.6 Å². The Bertz CT molecular complexity index is 483. The Hall–Kier alpha value is -1.59.